The van der Waals surface area contributed by atoms with Crippen molar-refractivity contribution in [2.24, 2.45) is 0 Å². The van der Waals surface area contributed by atoms with Crippen LogP contribution < -0.4 is 0 Å². The van der Waals surface area contributed by atoms with Crippen molar-refractivity contribution >= 4 is 11.8 Å². The van der Waals surface area contributed by atoms with Gasteiger partial charge in [0.15, 0.2) is 0 Å². The van der Waals surface area contributed by atoms with Crippen molar-refractivity contribution in [2.45, 2.75) is 19.9 Å². The molecule has 0 aliphatic carbocycles. The van der Waals surface area contributed by atoms with Gasteiger partial charge in [0.1, 0.15) is 6.54 Å². The number of carbonyl (C=O) groups excluding carboxylic acids is 2. The van der Waals surface area contributed by atoms with Crippen LogP contribution in [-0.2, 0) is 22.6 Å². The largest absolute Gasteiger partial charge is 0.339 e. The number of aromatic nitrogens is 2. The Bertz CT molecular complexity index is 704. The number of amides is 2. The van der Waals surface area contributed by atoms with Crippen molar-refractivity contribution in [3.63, 3.8) is 0 Å². The van der Waals surface area contributed by atoms with Crippen LogP contribution in [0.3, 0.4) is 0 Å². The maximum absolute atomic E-state index is 12.5. The molecule has 0 bridgehead atoms. The SMILES string of the molecule is Cc1ccccc1CC(=O)N1CCN(C(=O)Cn2cccn2)CC1. The van der Waals surface area contributed by atoms with Crippen molar-refractivity contribution in [3.8, 4) is 0 Å². The summed E-state index contributed by atoms with van der Waals surface area (Å²) in [5.74, 6) is 0.174. The maximum Gasteiger partial charge on any atom is 0.244 e. The minimum Gasteiger partial charge on any atom is -0.339 e. The first-order valence-electron chi connectivity index (χ1n) is 8.21. The molecule has 0 saturated carbocycles. The van der Waals surface area contributed by atoms with E-state index in [1.807, 2.05) is 36.1 Å². The molecular weight excluding hydrogens is 304 g/mol. The normalized spacial score (nSPS) is 14.7. The molecule has 1 aromatic carbocycles. The summed E-state index contributed by atoms with van der Waals surface area (Å²) in [6, 6.07) is 9.76. The number of nitrogens with zero attached hydrogens (tertiary/aromatic N) is 4. The minimum atomic E-state index is 0.0460. The van der Waals surface area contributed by atoms with Gasteiger partial charge in [-0.05, 0) is 24.1 Å². The smallest absolute Gasteiger partial charge is 0.244 e. The van der Waals surface area contributed by atoms with Crippen molar-refractivity contribution in [1.82, 2.24) is 19.6 Å². The molecule has 3 rings (SSSR count). The Labute approximate surface area is 141 Å². The Morgan fingerprint density at radius 1 is 1.00 bits per heavy atom. The Morgan fingerprint density at radius 2 is 1.67 bits per heavy atom. The third-order valence-electron chi connectivity index (χ3n) is 4.44. The van der Waals surface area contributed by atoms with E-state index in [4.69, 9.17) is 0 Å². The minimum absolute atomic E-state index is 0.0460. The number of hydrogen-bond donors (Lipinski definition) is 0. The van der Waals surface area contributed by atoms with E-state index >= 15 is 0 Å². The van der Waals surface area contributed by atoms with Gasteiger partial charge in [0.05, 0.1) is 6.42 Å². The topological polar surface area (TPSA) is 58.4 Å². The van der Waals surface area contributed by atoms with Gasteiger partial charge >= 0.3 is 0 Å². The van der Waals surface area contributed by atoms with Crippen molar-refractivity contribution in [2.75, 3.05) is 26.2 Å². The van der Waals surface area contributed by atoms with Crippen LogP contribution in [0.5, 0.6) is 0 Å². The van der Waals surface area contributed by atoms with E-state index in [2.05, 4.69) is 5.10 Å². The number of hydrogen-bond acceptors (Lipinski definition) is 3. The summed E-state index contributed by atoms with van der Waals surface area (Å²) < 4.78 is 1.62. The van der Waals surface area contributed by atoms with Gasteiger partial charge in [0.2, 0.25) is 11.8 Å². The van der Waals surface area contributed by atoms with Crippen molar-refractivity contribution in [3.05, 3.63) is 53.9 Å². The Hall–Kier alpha value is -2.63. The Kier molecular flexibility index (Phi) is 4.93. The van der Waals surface area contributed by atoms with Gasteiger partial charge in [-0.15, -0.1) is 0 Å². The average molecular weight is 326 g/mol. The predicted octanol–water partition coefficient (Wildman–Crippen LogP) is 1.11. The van der Waals surface area contributed by atoms with Gasteiger partial charge in [-0.2, -0.15) is 5.10 Å². The van der Waals surface area contributed by atoms with Crippen LogP contribution in [0.4, 0.5) is 0 Å². The van der Waals surface area contributed by atoms with Gasteiger partial charge in [0.25, 0.3) is 0 Å². The fraction of sp³-hybridized carbons (Fsp3) is 0.389. The summed E-state index contributed by atoms with van der Waals surface area (Å²) in [5.41, 5.74) is 2.21. The van der Waals surface area contributed by atoms with Gasteiger partial charge < -0.3 is 9.80 Å². The summed E-state index contributed by atoms with van der Waals surface area (Å²) in [6.45, 7) is 4.63. The quantitative estimate of drug-likeness (QED) is 0.845. The highest BCUT2D eigenvalue weighted by molar-refractivity contribution is 5.80. The molecule has 0 unspecified atom stereocenters. The van der Waals surface area contributed by atoms with E-state index in [-0.39, 0.29) is 18.4 Å². The Balaban J connectivity index is 1.50. The second kappa shape index (κ2) is 7.29. The second-order valence-corrected chi connectivity index (χ2v) is 6.07. The molecule has 1 aliphatic rings. The molecule has 1 saturated heterocycles. The molecule has 2 amide bonds. The monoisotopic (exact) mass is 326 g/mol. The summed E-state index contributed by atoms with van der Waals surface area (Å²) >= 11 is 0. The highest BCUT2D eigenvalue weighted by Gasteiger charge is 2.24. The van der Waals surface area contributed by atoms with Crippen LogP contribution in [0.15, 0.2) is 42.7 Å². The van der Waals surface area contributed by atoms with Crippen molar-refractivity contribution in [1.29, 1.82) is 0 Å². The van der Waals surface area contributed by atoms with E-state index in [1.165, 1.54) is 0 Å². The zero-order chi connectivity index (χ0) is 16.9. The van der Waals surface area contributed by atoms with Crippen LogP contribution in [0, 0.1) is 6.92 Å². The molecule has 24 heavy (non-hydrogen) atoms. The van der Waals surface area contributed by atoms with Gasteiger partial charge in [0, 0.05) is 38.6 Å². The molecular formula is C18H22N4O2. The van der Waals surface area contributed by atoms with E-state index in [0.717, 1.165) is 11.1 Å². The fourth-order valence-corrected chi connectivity index (χ4v) is 2.92. The highest BCUT2D eigenvalue weighted by Crippen LogP contribution is 2.11. The first kappa shape index (κ1) is 16.2. The molecule has 126 valence electrons. The number of benzene rings is 1. The molecule has 2 heterocycles. The lowest BCUT2D eigenvalue weighted by atomic mass is 10.1. The van der Waals surface area contributed by atoms with E-state index in [1.54, 1.807) is 28.0 Å². The van der Waals surface area contributed by atoms with Gasteiger partial charge in [-0.1, -0.05) is 24.3 Å². The second-order valence-electron chi connectivity index (χ2n) is 6.07. The van der Waals surface area contributed by atoms with Crippen LogP contribution in [0.2, 0.25) is 0 Å². The molecule has 0 spiro atoms. The van der Waals surface area contributed by atoms with Gasteiger partial charge in [-0.25, -0.2) is 0 Å². The third kappa shape index (κ3) is 3.82. The third-order valence-corrected chi connectivity index (χ3v) is 4.44. The molecule has 2 aromatic rings. The van der Waals surface area contributed by atoms with Crippen LogP contribution in [-0.4, -0.2) is 57.6 Å². The maximum atomic E-state index is 12.5. The first-order chi connectivity index (χ1) is 11.6. The molecule has 1 fully saturated rings. The molecule has 6 heteroatoms. The van der Waals surface area contributed by atoms with Crippen molar-refractivity contribution < 1.29 is 9.59 Å². The molecule has 6 nitrogen and oxygen atoms in total. The fourth-order valence-electron chi connectivity index (χ4n) is 2.92. The molecule has 1 aromatic heterocycles. The van der Waals surface area contributed by atoms with Gasteiger partial charge in [-0.3, -0.25) is 14.3 Å². The number of carbonyl (C=O) groups is 2. The first-order valence-corrected chi connectivity index (χ1v) is 8.21. The zero-order valence-corrected chi connectivity index (χ0v) is 13.9. The summed E-state index contributed by atoms with van der Waals surface area (Å²) in [4.78, 5) is 28.4. The molecule has 0 N–H and O–H groups in total. The standard InChI is InChI=1S/C18H22N4O2/c1-15-5-2-3-6-16(15)13-17(23)20-9-11-21(12-10-20)18(24)14-22-8-4-7-19-22/h2-8H,9-14H2,1H3. The average Bonchev–Trinajstić information content (AvgIpc) is 3.10. The van der Waals surface area contributed by atoms with E-state index in [9.17, 15) is 9.59 Å². The molecule has 1 aliphatic heterocycles. The summed E-state index contributed by atoms with van der Waals surface area (Å²) in [5, 5.41) is 4.05. The van der Waals surface area contributed by atoms with Crippen LogP contribution in [0.1, 0.15) is 11.1 Å². The van der Waals surface area contributed by atoms with Crippen LogP contribution in [0.25, 0.3) is 0 Å². The highest BCUT2D eigenvalue weighted by atomic mass is 16.2. The number of rotatable bonds is 4. The molecule has 0 atom stereocenters. The molecule has 0 radical (unpaired) electrons. The number of piperazine rings is 1. The summed E-state index contributed by atoms with van der Waals surface area (Å²) in [7, 11) is 0. The van der Waals surface area contributed by atoms with Crippen LogP contribution >= 0.6 is 0 Å². The zero-order valence-electron chi connectivity index (χ0n) is 13.9. The van der Waals surface area contributed by atoms with E-state index in [0.29, 0.717) is 32.6 Å². The lowest BCUT2D eigenvalue weighted by molar-refractivity contribution is -0.139. The predicted molar refractivity (Wildman–Crippen MR) is 90.3 cm³/mol. The lowest BCUT2D eigenvalue weighted by Crippen LogP contribution is -2.51. The lowest BCUT2D eigenvalue weighted by Gasteiger charge is -2.35. The Morgan fingerprint density at radius 3 is 2.29 bits per heavy atom. The number of aryl methyl sites for hydroxylation is 1. The summed E-state index contributed by atoms with van der Waals surface area (Å²) in [6.07, 6.45) is 3.86. The van der Waals surface area contributed by atoms with E-state index < -0.39 is 0 Å².